The smallest absolute Gasteiger partial charge is 0.225 e. The van der Waals surface area contributed by atoms with Crippen molar-refractivity contribution in [3.05, 3.63) is 53.6 Å². The molecule has 0 spiro atoms. The molecule has 0 atom stereocenters. The SMILES string of the molecule is Cc1ccc(SCCC(=O)Nc2ccc(N)cc2)c(C)c1. The van der Waals surface area contributed by atoms with Crippen LogP contribution in [0.1, 0.15) is 17.5 Å². The Bertz CT molecular complexity index is 623. The molecule has 0 saturated heterocycles. The lowest BCUT2D eigenvalue weighted by atomic mass is 10.2. The molecule has 110 valence electrons. The van der Waals surface area contributed by atoms with Crippen LogP contribution in [0.5, 0.6) is 0 Å². The largest absolute Gasteiger partial charge is 0.399 e. The highest BCUT2D eigenvalue weighted by atomic mass is 32.2. The summed E-state index contributed by atoms with van der Waals surface area (Å²) in [7, 11) is 0. The van der Waals surface area contributed by atoms with Crippen LogP contribution in [0.3, 0.4) is 0 Å². The lowest BCUT2D eigenvalue weighted by Crippen LogP contribution is -2.12. The lowest BCUT2D eigenvalue weighted by molar-refractivity contribution is -0.115. The number of carbonyl (C=O) groups is 1. The monoisotopic (exact) mass is 300 g/mol. The molecule has 0 aliphatic heterocycles. The van der Waals surface area contributed by atoms with Gasteiger partial charge in [-0.1, -0.05) is 17.7 Å². The van der Waals surface area contributed by atoms with Gasteiger partial charge in [0.15, 0.2) is 0 Å². The topological polar surface area (TPSA) is 55.1 Å². The molecular weight excluding hydrogens is 280 g/mol. The summed E-state index contributed by atoms with van der Waals surface area (Å²) in [4.78, 5) is 13.1. The van der Waals surface area contributed by atoms with Crippen molar-refractivity contribution in [2.75, 3.05) is 16.8 Å². The molecule has 0 unspecified atom stereocenters. The molecule has 2 aromatic carbocycles. The minimum atomic E-state index is 0.0250. The first-order valence-electron chi connectivity index (χ1n) is 6.90. The summed E-state index contributed by atoms with van der Waals surface area (Å²) in [6.07, 6.45) is 0.488. The van der Waals surface area contributed by atoms with Gasteiger partial charge in [0.05, 0.1) is 0 Å². The molecule has 3 nitrogen and oxygen atoms in total. The van der Waals surface area contributed by atoms with Crippen molar-refractivity contribution in [3.8, 4) is 0 Å². The second-order valence-corrected chi connectivity index (χ2v) is 6.17. The molecule has 0 fully saturated rings. The average molecular weight is 300 g/mol. The Morgan fingerprint density at radius 3 is 2.52 bits per heavy atom. The van der Waals surface area contributed by atoms with Gasteiger partial charge in [0.25, 0.3) is 0 Å². The third-order valence-corrected chi connectivity index (χ3v) is 4.29. The van der Waals surface area contributed by atoms with Crippen molar-refractivity contribution >= 4 is 29.0 Å². The van der Waals surface area contributed by atoms with E-state index in [0.717, 1.165) is 11.4 Å². The molecule has 3 N–H and O–H groups in total. The number of nitrogen functional groups attached to an aromatic ring is 1. The van der Waals surface area contributed by atoms with Crippen LogP contribution in [0.15, 0.2) is 47.4 Å². The van der Waals surface area contributed by atoms with Crippen LogP contribution in [-0.2, 0) is 4.79 Å². The van der Waals surface area contributed by atoms with Crippen LogP contribution in [0, 0.1) is 13.8 Å². The second-order valence-electron chi connectivity index (χ2n) is 5.04. The van der Waals surface area contributed by atoms with Gasteiger partial charge >= 0.3 is 0 Å². The molecular formula is C17H20N2OS. The van der Waals surface area contributed by atoms with Gasteiger partial charge in [-0.2, -0.15) is 0 Å². The maximum atomic E-state index is 11.9. The quantitative estimate of drug-likeness (QED) is 0.648. The number of thioether (sulfide) groups is 1. The third kappa shape index (κ3) is 4.83. The molecule has 0 saturated carbocycles. The first kappa shape index (κ1) is 15.4. The third-order valence-electron chi connectivity index (χ3n) is 3.11. The molecule has 0 heterocycles. The van der Waals surface area contributed by atoms with Crippen LogP contribution >= 0.6 is 11.8 Å². The zero-order valence-corrected chi connectivity index (χ0v) is 13.2. The highest BCUT2D eigenvalue weighted by molar-refractivity contribution is 7.99. The van der Waals surface area contributed by atoms with Crippen molar-refractivity contribution < 1.29 is 4.79 Å². The number of amides is 1. The van der Waals surface area contributed by atoms with Gasteiger partial charge < -0.3 is 11.1 Å². The summed E-state index contributed by atoms with van der Waals surface area (Å²) in [6.45, 7) is 4.19. The molecule has 0 aliphatic carbocycles. The summed E-state index contributed by atoms with van der Waals surface area (Å²) in [5, 5.41) is 2.87. The molecule has 21 heavy (non-hydrogen) atoms. The van der Waals surface area contributed by atoms with E-state index in [1.807, 2.05) is 12.1 Å². The van der Waals surface area contributed by atoms with Crippen molar-refractivity contribution in [3.63, 3.8) is 0 Å². The molecule has 0 aromatic heterocycles. The lowest BCUT2D eigenvalue weighted by Gasteiger charge is -2.07. The fourth-order valence-electron chi connectivity index (χ4n) is 2.00. The fraction of sp³-hybridized carbons (Fsp3) is 0.235. The van der Waals surface area contributed by atoms with Gasteiger partial charge in [-0.15, -0.1) is 11.8 Å². The number of hydrogen-bond acceptors (Lipinski definition) is 3. The maximum Gasteiger partial charge on any atom is 0.225 e. The molecule has 4 heteroatoms. The van der Waals surface area contributed by atoms with Crippen LogP contribution in [-0.4, -0.2) is 11.7 Å². The Labute approximate surface area is 129 Å². The number of hydrogen-bond donors (Lipinski definition) is 2. The van der Waals surface area contributed by atoms with E-state index < -0.39 is 0 Å². The Morgan fingerprint density at radius 2 is 1.86 bits per heavy atom. The standard InChI is InChI=1S/C17H20N2OS/c1-12-3-8-16(13(2)11-12)21-10-9-17(20)19-15-6-4-14(18)5-7-15/h3-8,11H,9-10,18H2,1-2H3,(H,19,20). The normalized spacial score (nSPS) is 10.4. The highest BCUT2D eigenvalue weighted by Gasteiger charge is 2.04. The van der Waals surface area contributed by atoms with Crippen molar-refractivity contribution in [1.82, 2.24) is 0 Å². The summed E-state index contributed by atoms with van der Waals surface area (Å²) >= 11 is 1.72. The average Bonchev–Trinajstić information content (AvgIpc) is 2.44. The predicted octanol–water partition coefficient (Wildman–Crippen LogP) is 4.01. The number of rotatable bonds is 5. The number of benzene rings is 2. The molecule has 0 radical (unpaired) electrons. The minimum absolute atomic E-state index is 0.0250. The van der Waals surface area contributed by atoms with E-state index in [-0.39, 0.29) is 5.91 Å². The molecule has 2 aromatic rings. The molecule has 1 amide bonds. The van der Waals surface area contributed by atoms with E-state index in [2.05, 4.69) is 37.4 Å². The first-order valence-corrected chi connectivity index (χ1v) is 7.88. The highest BCUT2D eigenvalue weighted by Crippen LogP contribution is 2.24. The Balaban J connectivity index is 1.80. The summed E-state index contributed by atoms with van der Waals surface area (Å²) < 4.78 is 0. The van der Waals surface area contributed by atoms with Crippen molar-refractivity contribution in [2.45, 2.75) is 25.2 Å². The zero-order valence-electron chi connectivity index (χ0n) is 12.3. The zero-order chi connectivity index (χ0) is 15.2. The minimum Gasteiger partial charge on any atom is -0.399 e. The van der Waals surface area contributed by atoms with Gasteiger partial charge in [0.2, 0.25) is 5.91 Å². The van der Waals surface area contributed by atoms with Gasteiger partial charge in [0, 0.05) is 28.4 Å². The van der Waals surface area contributed by atoms with Crippen LogP contribution in [0.25, 0.3) is 0 Å². The molecule has 2 rings (SSSR count). The number of anilines is 2. The van der Waals surface area contributed by atoms with Crippen LogP contribution < -0.4 is 11.1 Å². The number of nitrogens with one attached hydrogen (secondary N) is 1. The van der Waals surface area contributed by atoms with Crippen molar-refractivity contribution in [1.29, 1.82) is 0 Å². The molecule has 0 aliphatic rings. The van der Waals surface area contributed by atoms with Gasteiger partial charge in [-0.25, -0.2) is 0 Å². The predicted molar refractivity (Wildman–Crippen MR) is 90.7 cm³/mol. The van der Waals surface area contributed by atoms with Gasteiger partial charge in [-0.3, -0.25) is 4.79 Å². The first-order chi connectivity index (χ1) is 10.0. The van der Waals surface area contributed by atoms with Crippen LogP contribution in [0.2, 0.25) is 0 Å². The fourth-order valence-corrected chi connectivity index (χ4v) is 2.96. The van der Waals surface area contributed by atoms with E-state index in [9.17, 15) is 4.79 Å². The van der Waals surface area contributed by atoms with E-state index in [1.165, 1.54) is 16.0 Å². The van der Waals surface area contributed by atoms with Gasteiger partial charge in [0.1, 0.15) is 0 Å². The Kier molecular flexibility index (Phi) is 5.28. The van der Waals surface area contributed by atoms with E-state index in [0.29, 0.717) is 12.1 Å². The number of aryl methyl sites for hydroxylation is 2. The summed E-state index contributed by atoms with van der Waals surface area (Å²) in [5.74, 6) is 0.794. The van der Waals surface area contributed by atoms with Crippen molar-refractivity contribution in [2.24, 2.45) is 0 Å². The maximum absolute atomic E-state index is 11.9. The Morgan fingerprint density at radius 1 is 1.14 bits per heavy atom. The van der Waals surface area contributed by atoms with Gasteiger partial charge in [-0.05, 0) is 49.7 Å². The second kappa shape index (κ2) is 7.18. The molecule has 0 bridgehead atoms. The van der Waals surface area contributed by atoms with E-state index in [1.54, 1.807) is 23.9 Å². The summed E-state index contributed by atoms with van der Waals surface area (Å²) in [6, 6.07) is 13.6. The number of carbonyl (C=O) groups excluding carboxylic acids is 1. The number of nitrogens with two attached hydrogens (primary N) is 1. The van der Waals surface area contributed by atoms with E-state index >= 15 is 0 Å². The van der Waals surface area contributed by atoms with E-state index in [4.69, 9.17) is 5.73 Å². The summed E-state index contributed by atoms with van der Waals surface area (Å²) in [5.41, 5.74) is 9.61. The Hall–Kier alpha value is -1.94. The van der Waals surface area contributed by atoms with Crippen LogP contribution in [0.4, 0.5) is 11.4 Å².